The number of rotatable bonds is 5. The Morgan fingerprint density at radius 1 is 1.39 bits per heavy atom. The summed E-state index contributed by atoms with van der Waals surface area (Å²) >= 11 is 0. The number of carbonyl (C=O) groups excluding carboxylic acids is 1. The van der Waals surface area contributed by atoms with Gasteiger partial charge in [0.25, 0.3) is 0 Å². The molecule has 0 saturated carbocycles. The summed E-state index contributed by atoms with van der Waals surface area (Å²) < 4.78 is 5.65. The van der Waals surface area contributed by atoms with Crippen LogP contribution in [0.5, 0.6) is 0 Å². The molecule has 2 rings (SSSR count). The number of hydrogen-bond donors (Lipinski definition) is 1. The number of carbonyl (C=O) groups is 1. The molecule has 2 atom stereocenters. The summed E-state index contributed by atoms with van der Waals surface area (Å²) in [6, 6.07) is 0.537. The second-order valence-electron chi connectivity index (χ2n) is 5.41. The van der Waals surface area contributed by atoms with Gasteiger partial charge in [-0.1, -0.05) is 6.92 Å². The van der Waals surface area contributed by atoms with Crippen LogP contribution >= 0.6 is 0 Å². The van der Waals surface area contributed by atoms with E-state index in [1.54, 1.807) is 0 Å². The predicted molar refractivity (Wildman–Crippen MR) is 71.5 cm³/mol. The molecule has 2 heterocycles. The Hall–Kier alpha value is -0.610. The summed E-state index contributed by atoms with van der Waals surface area (Å²) in [5.41, 5.74) is 0. The first-order valence-electron chi connectivity index (χ1n) is 7.42. The minimum atomic E-state index is 0.319. The number of likely N-dealkylation sites (tertiary alicyclic amines) is 1. The van der Waals surface area contributed by atoms with Crippen molar-refractivity contribution < 1.29 is 9.53 Å². The summed E-state index contributed by atoms with van der Waals surface area (Å²) in [7, 11) is 0. The summed E-state index contributed by atoms with van der Waals surface area (Å²) in [5.74, 6) is 0.319. The van der Waals surface area contributed by atoms with Crippen LogP contribution in [0.4, 0.5) is 0 Å². The molecule has 1 amide bonds. The van der Waals surface area contributed by atoms with Crippen LogP contribution in [-0.4, -0.2) is 49.2 Å². The van der Waals surface area contributed by atoms with E-state index in [4.69, 9.17) is 4.74 Å². The quantitative estimate of drug-likeness (QED) is 0.809. The third-order valence-corrected chi connectivity index (χ3v) is 4.05. The first-order chi connectivity index (χ1) is 8.79. The maximum Gasteiger partial charge on any atom is 0.223 e. The van der Waals surface area contributed by atoms with Crippen LogP contribution in [0.25, 0.3) is 0 Å². The topological polar surface area (TPSA) is 41.6 Å². The maximum absolute atomic E-state index is 11.9. The molecule has 4 nitrogen and oxygen atoms in total. The fourth-order valence-corrected chi connectivity index (χ4v) is 2.86. The van der Waals surface area contributed by atoms with Crippen molar-refractivity contribution in [3.8, 4) is 0 Å². The molecular weight excluding hydrogens is 228 g/mol. The summed E-state index contributed by atoms with van der Waals surface area (Å²) in [6.45, 7) is 5.78. The van der Waals surface area contributed by atoms with Crippen molar-refractivity contribution in [1.82, 2.24) is 10.2 Å². The van der Waals surface area contributed by atoms with Crippen LogP contribution in [-0.2, 0) is 9.53 Å². The van der Waals surface area contributed by atoms with Gasteiger partial charge in [-0.05, 0) is 32.1 Å². The Labute approximate surface area is 110 Å². The molecule has 0 bridgehead atoms. The Bertz CT molecular complexity index is 265. The molecule has 1 N–H and O–H groups in total. The minimum Gasteiger partial charge on any atom is -0.378 e. The van der Waals surface area contributed by atoms with Gasteiger partial charge in [0.2, 0.25) is 5.91 Å². The van der Waals surface area contributed by atoms with Crippen LogP contribution in [0.1, 0.15) is 45.4 Å². The van der Waals surface area contributed by atoms with E-state index in [-0.39, 0.29) is 0 Å². The first kappa shape index (κ1) is 13.8. The van der Waals surface area contributed by atoms with Gasteiger partial charge in [0.1, 0.15) is 0 Å². The largest absolute Gasteiger partial charge is 0.378 e. The highest BCUT2D eigenvalue weighted by atomic mass is 16.5. The van der Waals surface area contributed by atoms with Crippen LogP contribution < -0.4 is 5.32 Å². The molecule has 2 aliphatic heterocycles. The SMILES string of the molecule is CCC1CC(NCCC(=O)N2CCCC2)CCO1. The van der Waals surface area contributed by atoms with E-state index < -0.39 is 0 Å². The van der Waals surface area contributed by atoms with E-state index >= 15 is 0 Å². The summed E-state index contributed by atoms with van der Waals surface area (Å²) in [4.78, 5) is 13.9. The first-order valence-corrected chi connectivity index (χ1v) is 7.42. The lowest BCUT2D eigenvalue weighted by Gasteiger charge is -2.29. The zero-order valence-corrected chi connectivity index (χ0v) is 11.5. The molecule has 104 valence electrons. The van der Waals surface area contributed by atoms with E-state index in [0.29, 0.717) is 24.5 Å². The van der Waals surface area contributed by atoms with Crippen molar-refractivity contribution in [3.63, 3.8) is 0 Å². The molecule has 2 aliphatic rings. The van der Waals surface area contributed by atoms with Crippen LogP contribution in [0.15, 0.2) is 0 Å². The van der Waals surface area contributed by atoms with Gasteiger partial charge in [-0.3, -0.25) is 4.79 Å². The molecule has 0 aromatic carbocycles. The molecule has 18 heavy (non-hydrogen) atoms. The molecular formula is C14H26N2O2. The Morgan fingerprint density at radius 2 is 2.17 bits per heavy atom. The van der Waals surface area contributed by atoms with E-state index in [2.05, 4.69) is 12.2 Å². The molecule has 2 fully saturated rings. The van der Waals surface area contributed by atoms with Crippen LogP contribution in [0, 0.1) is 0 Å². The van der Waals surface area contributed by atoms with E-state index in [1.165, 1.54) is 12.8 Å². The van der Waals surface area contributed by atoms with Crippen molar-refractivity contribution in [2.45, 2.75) is 57.6 Å². The minimum absolute atomic E-state index is 0.319. The van der Waals surface area contributed by atoms with Gasteiger partial charge in [-0.25, -0.2) is 0 Å². The molecule has 2 unspecified atom stereocenters. The van der Waals surface area contributed by atoms with Crippen molar-refractivity contribution >= 4 is 5.91 Å². The van der Waals surface area contributed by atoms with Gasteiger partial charge in [0, 0.05) is 38.7 Å². The van der Waals surface area contributed by atoms with Crippen molar-refractivity contribution in [2.75, 3.05) is 26.2 Å². The number of hydrogen-bond acceptors (Lipinski definition) is 3. The van der Waals surface area contributed by atoms with Gasteiger partial charge in [-0.15, -0.1) is 0 Å². The third-order valence-electron chi connectivity index (χ3n) is 4.05. The zero-order chi connectivity index (χ0) is 12.8. The van der Waals surface area contributed by atoms with E-state index in [1.807, 2.05) is 4.90 Å². The van der Waals surface area contributed by atoms with E-state index in [9.17, 15) is 4.79 Å². The van der Waals surface area contributed by atoms with E-state index in [0.717, 1.165) is 45.5 Å². The Balaban J connectivity index is 1.61. The fourth-order valence-electron chi connectivity index (χ4n) is 2.86. The van der Waals surface area contributed by atoms with Crippen LogP contribution in [0.3, 0.4) is 0 Å². The molecule has 0 aromatic rings. The molecule has 4 heteroatoms. The maximum atomic E-state index is 11.9. The second kappa shape index (κ2) is 7.10. The average molecular weight is 254 g/mol. The number of ether oxygens (including phenoxy) is 1. The van der Waals surface area contributed by atoms with Crippen molar-refractivity contribution in [1.29, 1.82) is 0 Å². The van der Waals surface area contributed by atoms with Gasteiger partial charge in [0.15, 0.2) is 0 Å². The molecule has 2 saturated heterocycles. The lowest BCUT2D eigenvalue weighted by Crippen LogP contribution is -2.40. The summed E-state index contributed by atoms with van der Waals surface area (Å²) in [6.07, 6.45) is 6.67. The van der Waals surface area contributed by atoms with Gasteiger partial charge < -0.3 is 15.0 Å². The second-order valence-corrected chi connectivity index (χ2v) is 5.41. The van der Waals surface area contributed by atoms with Crippen molar-refractivity contribution in [2.24, 2.45) is 0 Å². The van der Waals surface area contributed by atoms with Crippen LogP contribution in [0.2, 0.25) is 0 Å². The lowest BCUT2D eigenvalue weighted by molar-refractivity contribution is -0.130. The Kier molecular flexibility index (Phi) is 5.45. The third kappa shape index (κ3) is 3.95. The standard InChI is InChI=1S/C14H26N2O2/c1-2-13-11-12(6-10-18-13)15-7-5-14(17)16-8-3-4-9-16/h12-13,15H,2-11H2,1H3. The summed E-state index contributed by atoms with van der Waals surface area (Å²) in [5, 5.41) is 3.51. The lowest BCUT2D eigenvalue weighted by atomic mass is 10.0. The highest BCUT2D eigenvalue weighted by Gasteiger charge is 2.22. The molecule has 0 spiro atoms. The number of amides is 1. The van der Waals surface area contributed by atoms with Gasteiger partial charge in [-0.2, -0.15) is 0 Å². The van der Waals surface area contributed by atoms with Gasteiger partial charge >= 0.3 is 0 Å². The zero-order valence-electron chi connectivity index (χ0n) is 11.5. The smallest absolute Gasteiger partial charge is 0.223 e. The molecule has 0 aromatic heterocycles. The monoisotopic (exact) mass is 254 g/mol. The predicted octanol–water partition coefficient (Wildman–Crippen LogP) is 1.55. The molecule has 0 aliphatic carbocycles. The highest BCUT2D eigenvalue weighted by Crippen LogP contribution is 2.16. The van der Waals surface area contributed by atoms with Crippen molar-refractivity contribution in [3.05, 3.63) is 0 Å². The normalized spacial score (nSPS) is 28.6. The average Bonchev–Trinajstić information content (AvgIpc) is 2.93. The molecule has 0 radical (unpaired) electrons. The number of nitrogens with one attached hydrogen (secondary N) is 1. The number of nitrogens with zero attached hydrogens (tertiary/aromatic N) is 1. The van der Waals surface area contributed by atoms with Gasteiger partial charge in [0.05, 0.1) is 6.10 Å². The highest BCUT2D eigenvalue weighted by molar-refractivity contribution is 5.76. The Morgan fingerprint density at radius 3 is 2.89 bits per heavy atom. The fraction of sp³-hybridized carbons (Fsp3) is 0.929.